The second-order valence-electron chi connectivity index (χ2n) is 8.64. The molecular formula is C29H26BrN3O6S. The molecule has 1 aliphatic rings. The number of fused-ring (bicyclic) bond motifs is 1. The molecule has 0 aliphatic heterocycles. The Morgan fingerprint density at radius 2 is 1.82 bits per heavy atom. The fourth-order valence-corrected chi connectivity index (χ4v) is 5.68. The molecule has 2 aromatic carbocycles. The number of rotatable bonds is 8. The molecule has 0 radical (unpaired) electrons. The van der Waals surface area contributed by atoms with Crippen molar-refractivity contribution < 1.29 is 28.7 Å². The Morgan fingerprint density at radius 3 is 2.60 bits per heavy atom. The quantitative estimate of drug-likeness (QED) is 0.0879. The average molecular weight is 625 g/mol. The normalized spacial score (nSPS) is 12.7. The Hall–Kier alpha value is -4.09. The molecule has 11 heteroatoms. The third-order valence-electron chi connectivity index (χ3n) is 5.85. The van der Waals surface area contributed by atoms with Gasteiger partial charge in [-0.1, -0.05) is 46.3 Å². The van der Waals surface area contributed by atoms with Crippen molar-refractivity contribution in [1.29, 1.82) is 0 Å². The maximum atomic E-state index is 12.6. The number of aryl methyl sites for hydroxylation is 1. The van der Waals surface area contributed by atoms with Crippen molar-refractivity contribution in [1.82, 2.24) is 5.43 Å². The average Bonchev–Trinajstić information content (AvgIpc) is 3.31. The molecule has 40 heavy (non-hydrogen) atoms. The van der Waals surface area contributed by atoms with Crippen LogP contribution in [0.2, 0.25) is 0 Å². The summed E-state index contributed by atoms with van der Waals surface area (Å²) in [4.78, 5) is 51.1. The zero-order valence-electron chi connectivity index (χ0n) is 21.6. The smallest absolute Gasteiger partial charge is 0.341 e. The molecule has 1 aliphatic carbocycles. The highest BCUT2D eigenvalue weighted by molar-refractivity contribution is 9.10. The number of benzene rings is 2. The van der Waals surface area contributed by atoms with Gasteiger partial charge in [-0.3, -0.25) is 9.59 Å². The van der Waals surface area contributed by atoms with Gasteiger partial charge in [0.05, 0.1) is 18.4 Å². The molecule has 0 saturated heterocycles. The van der Waals surface area contributed by atoms with Crippen molar-refractivity contribution in [2.75, 3.05) is 11.9 Å². The van der Waals surface area contributed by atoms with Crippen molar-refractivity contribution in [3.8, 4) is 5.75 Å². The van der Waals surface area contributed by atoms with Crippen LogP contribution in [0.25, 0.3) is 6.08 Å². The van der Waals surface area contributed by atoms with Crippen LogP contribution in [0.5, 0.6) is 5.75 Å². The number of amides is 2. The van der Waals surface area contributed by atoms with Crippen LogP contribution in [-0.4, -0.2) is 36.6 Å². The summed E-state index contributed by atoms with van der Waals surface area (Å²) in [6.45, 7) is 1.90. The molecule has 0 bridgehead atoms. The summed E-state index contributed by atoms with van der Waals surface area (Å²) >= 11 is 4.64. The van der Waals surface area contributed by atoms with Crippen molar-refractivity contribution in [3.63, 3.8) is 0 Å². The number of halogens is 1. The molecule has 3 aromatic rings. The van der Waals surface area contributed by atoms with Crippen molar-refractivity contribution >= 4 is 68.3 Å². The third kappa shape index (κ3) is 7.51. The third-order valence-corrected chi connectivity index (χ3v) is 7.55. The second kappa shape index (κ2) is 13.8. The number of esters is 2. The van der Waals surface area contributed by atoms with Crippen LogP contribution >= 0.6 is 27.3 Å². The molecule has 2 N–H and O–H groups in total. The van der Waals surface area contributed by atoms with Gasteiger partial charge in [0, 0.05) is 21.0 Å². The van der Waals surface area contributed by atoms with E-state index in [0.717, 1.165) is 35.3 Å². The lowest BCUT2D eigenvalue weighted by atomic mass is 9.95. The Morgan fingerprint density at radius 1 is 1.05 bits per heavy atom. The first-order chi connectivity index (χ1) is 19.4. The summed E-state index contributed by atoms with van der Waals surface area (Å²) in [5.41, 5.74) is 4.58. The highest BCUT2D eigenvalue weighted by Crippen LogP contribution is 2.38. The van der Waals surface area contributed by atoms with Gasteiger partial charge < -0.3 is 14.8 Å². The number of hydrogen-bond acceptors (Lipinski definition) is 8. The van der Waals surface area contributed by atoms with Gasteiger partial charge in [0.2, 0.25) is 0 Å². The van der Waals surface area contributed by atoms with Crippen LogP contribution in [0, 0.1) is 0 Å². The minimum Gasteiger partial charge on any atom is -0.462 e. The number of carbonyl (C=O) groups is 4. The molecule has 206 valence electrons. The highest BCUT2D eigenvalue weighted by atomic mass is 79.9. The zero-order valence-corrected chi connectivity index (χ0v) is 24.0. The van der Waals surface area contributed by atoms with E-state index in [1.165, 1.54) is 23.6 Å². The van der Waals surface area contributed by atoms with Crippen LogP contribution in [0.4, 0.5) is 5.00 Å². The largest absolute Gasteiger partial charge is 0.462 e. The van der Waals surface area contributed by atoms with Crippen molar-refractivity contribution in [2.24, 2.45) is 5.10 Å². The fraction of sp³-hybridized carbons (Fsp3) is 0.207. The van der Waals surface area contributed by atoms with E-state index in [9.17, 15) is 19.2 Å². The van der Waals surface area contributed by atoms with Crippen LogP contribution in [0.1, 0.15) is 51.7 Å². The number of thiophene rings is 1. The number of ether oxygens (including phenoxy) is 2. The summed E-state index contributed by atoms with van der Waals surface area (Å²) in [5, 5.41) is 6.68. The fourth-order valence-electron chi connectivity index (χ4n) is 4.03. The Balaban J connectivity index is 1.41. The van der Waals surface area contributed by atoms with Crippen LogP contribution in [0.15, 0.2) is 64.2 Å². The molecule has 0 fully saturated rings. The van der Waals surface area contributed by atoms with Gasteiger partial charge in [-0.15, -0.1) is 11.3 Å². The Bertz CT molecular complexity index is 1480. The minimum absolute atomic E-state index is 0.197. The van der Waals surface area contributed by atoms with Crippen LogP contribution in [0.3, 0.4) is 0 Å². The van der Waals surface area contributed by atoms with Gasteiger partial charge in [-0.25, -0.2) is 15.0 Å². The standard InChI is InChI=1S/C29H26BrN3O6S/c1-2-38-29(37)25-21-10-6-7-11-23(21)40-28(25)32-26(35)27(36)33-31-17-19-16-20(30)13-14-22(19)39-24(34)15-12-18-8-4-3-5-9-18/h3-5,8-9,12-17H,2,6-7,10-11H2,1H3,(H,32,35)(H,33,36). The number of nitrogens with zero attached hydrogens (tertiary/aromatic N) is 1. The van der Waals surface area contributed by atoms with E-state index in [1.54, 1.807) is 31.2 Å². The topological polar surface area (TPSA) is 123 Å². The van der Waals surface area contributed by atoms with E-state index < -0.39 is 23.8 Å². The predicted octanol–water partition coefficient (Wildman–Crippen LogP) is 5.27. The SMILES string of the molecule is CCOC(=O)c1c(NC(=O)C(=O)NN=Cc2cc(Br)ccc2OC(=O)C=Cc2ccccc2)sc2c1CCCC2. The van der Waals surface area contributed by atoms with Gasteiger partial charge in [-0.2, -0.15) is 5.10 Å². The van der Waals surface area contributed by atoms with E-state index in [2.05, 4.69) is 31.8 Å². The number of hydrogen-bond donors (Lipinski definition) is 2. The highest BCUT2D eigenvalue weighted by Gasteiger charge is 2.28. The zero-order chi connectivity index (χ0) is 28.5. The first-order valence-corrected chi connectivity index (χ1v) is 14.2. The maximum Gasteiger partial charge on any atom is 0.341 e. The monoisotopic (exact) mass is 623 g/mol. The summed E-state index contributed by atoms with van der Waals surface area (Å²) in [6, 6.07) is 14.2. The Kier molecular flexibility index (Phi) is 9.98. The summed E-state index contributed by atoms with van der Waals surface area (Å²) in [7, 11) is 0. The molecule has 2 amide bonds. The molecule has 1 aromatic heterocycles. The van der Waals surface area contributed by atoms with E-state index in [0.29, 0.717) is 27.0 Å². The first kappa shape index (κ1) is 28.9. The Labute approximate surface area is 243 Å². The van der Waals surface area contributed by atoms with Gasteiger partial charge in [0.15, 0.2) is 0 Å². The maximum absolute atomic E-state index is 12.6. The van der Waals surface area contributed by atoms with Gasteiger partial charge in [-0.05, 0) is 68.0 Å². The second-order valence-corrected chi connectivity index (χ2v) is 10.7. The minimum atomic E-state index is -1.03. The number of anilines is 1. The predicted molar refractivity (Wildman–Crippen MR) is 157 cm³/mol. The van der Waals surface area contributed by atoms with Gasteiger partial charge >= 0.3 is 23.8 Å². The lowest BCUT2D eigenvalue weighted by molar-refractivity contribution is -0.136. The van der Waals surface area contributed by atoms with E-state index >= 15 is 0 Å². The van der Waals surface area contributed by atoms with E-state index in [1.807, 2.05) is 30.3 Å². The molecule has 0 saturated carbocycles. The summed E-state index contributed by atoms with van der Waals surface area (Å²) in [5.74, 6) is -2.92. The molecule has 0 spiro atoms. The number of nitrogens with one attached hydrogen (secondary N) is 2. The van der Waals surface area contributed by atoms with Crippen LogP contribution < -0.4 is 15.5 Å². The lowest BCUT2D eigenvalue weighted by Crippen LogP contribution is -2.32. The molecule has 9 nitrogen and oxygen atoms in total. The summed E-state index contributed by atoms with van der Waals surface area (Å²) in [6.07, 6.45) is 7.65. The van der Waals surface area contributed by atoms with Crippen molar-refractivity contribution in [2.45, 2.75) is 32.6 Å². The molecule has 0 atom stereocenters. The van der Waals surface area contributed by atoms with Crippen molar-refractivity contribution in [3.05, 3.63) is 86.2 Å². The molecular weight excluding hydrogens is 598 g/mol. The van der Waals surface area contributed by atoms with Gasteiger partial charge in [0.1, 0.15) is 10.8 Å². The molecule has 0 unspecified atom stereocenters. The van der Waals surface area contributed by atoms with Gasteiger partial charge in [0.25, 0.3) is 0 Å². The van der Waals surface area contributed by atoms with E-state index in [4.69, 9.17) is 9.47 Å². The molecule has 4 rings (SSSR count). The number of carbonyl (C=O) groups excluding carboxylic acids is 4. The van der Waals surface area contributed by atoms with E-state index in [-0.39, 0.29) is 12.4 Å². The van der Waals surface area contributed by atoms with Crippen LogP contribution in [-0.2, 0) is 32.0 Å². The molecule has 1 heterocycles. The first-order valence-electron chi connectivity index (χ1n) is 12.6. The number of hydrazone groups is 1. The lowest BCUT2D eigenvalue weighted by Gasteiger charge is -2.12. The summed E-state index contributed by atoms with van der Waals surface area (Å²) < 4.78 is 11.3.